The summed E-state index contributed by atoms with van der Waals surface area (Å²) < 4.78 is 4.50. The minimum atomic E-state index is 0.202. The van der Waals surface area contributed by atoms with Gasteiger partial charge in [-0.1, -0.05) is 65.8 Å². The van der Waals surface area contributed by atoms with E-state index in [0.717, 1.165) is 26.2 Å². The Morgan fingerprint density at radius 2 is 0.935 bits per heavy atom. The van der Waals surface area contributed by atoms with Gasteiger partial charge in [0.05, 0.1) is 0 Å². The molecule has 0 amide bonds. The van der Waals surface area contributed by atoms with Crippen LogP contribution < -0.4 is 14.5 Å². The fourth-order valence-electron chi connectivity index (χ4n) is 3.57. The van der Waals surface area contributed by atoms with Gasteiger partial charge in [0.2, 0.25) is 13.1 Å². The molecule has 2 heterocycles. The molecule has 0 atom stereocenters. The maximum Gasteiger partial charge on any atom is 0.206 e. The number of rotatable bonds is 7. The molecule has 1 N–H and O–H groups in total. The molecule has 0 aliphatic heterocycles. The van der Waals surface area contributed by atoms with Crippen molar-refractivity contribution in [2.45, 2.75) is 78.6 Å². The first-order valence-electron chi connectivity index (χ1n) is 11.4. The van der Waals surface area contributed by atoms with Crippen LogP contribution in [0, 0.1) is 0 Å². The molecule has 0 unspecified atom stereocenters. The highest BCUT2D eigenvalue weighted by atomic mass is 15.0. The summed E-state index contributed by atoms with van der Waals surface area (Å²) in [5.41, 5.74) is 5.80. The Morgan fingerprint density at radius 1 is 0.548 bits per heavy atom. The van der Waals surface area contributed by atoms with Crippen LogP contribution in [0.4, 0.5) is 0 Å². The zero-order chi connectivity index (χ0) is 22.5. The lowest BCUT2D eigenvalue weighted by Crippen LogP contribution is -2.44. The largest absolute Gasteiger partial charge is 0.309 e. The Bertz CT molecular complexity index is 942. The number of hydrogen-bond donors (Lipinski definition) is 1. The number of aromatic nitrogens is 2. The number of aryl methyl sites for hydroxylation is 2. The smallest absolute Gasteiger partial charge is 0.206 e. The minimum Gasteiger partial charge on any atom is -0.309 e. The van der Waals surface area contributed by atoms with Gasteiger partial charge in [-0.2, -0.15) is 9.13 Å². The van der Waals surface area contributed by atoms with Gasteiger partial charge in [-0.25, -0.2) is 0 Å². The summed E-state index contributed by atoms with van der Waals surface area (Å²) in [6, 6.07) is 17.9. The first-order valence-corrected chi connectivity index (χ1v) is 11.4. The monoisotopic (exact) mass is 417 g/mol. The minimum absolute atomic E-state index is 0.202. The third kappa shape index (κ3) is 7.00. The van der Waals surface area contributed by atoms with E-state index >= 15 is 0 Å². The Labute approximate surface area is 188 Å². The van der Waals surface area contributed by atoms with Gasteiger partial charge in [-0.05, 0) is 33.1 Å². The average Bonchev–Trinajstić information content (AvgIpc) is 2.72. The van der Waals surface area contributed by atoms with E-state index in [2.05, 4.69) is 129 Å². The molecular weight excluding hydrogens is 378 g/mol. The second-order valence-corrected chi connectivity index (χ2v) is 10.6. The summed E-state index contributed by atoms with van der Waals surface area (Å²) in [6.07, 6.45) is 8.74. The predicted molar refractivity (Wildman–Crippen MR) is 128 cm³/mol. The third-order valence-electron chi connectivity index (χ3n) is 5.81. The first-order chi connectivity index (χ1) is 14.6. The van der Waals surface area contributed by atoms with Crippen molar-refractivity contribution in [2.75, 3.05) is 0 Å². The number of hydrogen-bond acceptors (Lipinski definition) is 1. The van der Waals surface area contributed by atoms with E-state index in [9.17, 15) is 0 Å². The lowest BCUT2D eigenvalue weighted by atomic mass is 9.87. The summed E-state index contributed by atoms with van der Waals surface area (Å²) in [7, 11) is 0. The molecule has 0 bridgehead atoms. The molecule has 0 aliphatic rings. The fourth-order valence-corrected chi connectivity index (χ4v) is 3.57. The van der Waals surface area contributed by atoms with Crippen molar-refractivity contribution in [3.8, 4) is 0 Å². The van der Waals surface area contributed by atoms with Crippen LogP contribution in [0.3, 0.4) is 0 Å². The standard InChI is InChI=1S/C28H39N3/c1-27(2,3)25-9-7-23(8-10-25)21-29-22-24-11-15-30(16-12-24)19-20-31-17-13-26(14-18-31)28(4,5)6/h7-18,29H,19-22H2,1-6H3/q+2. The average molecular weight is 418 g/mol. The van der Waals surface area contributed by atoms with Gasteiger partial charge in [-0.15, -0.1) is 0 Å². The van der Waals surface area contributed by atoms with Gasteiger partial charge in [-0.3, -0.25) is 0 Å². The predicted octanol–water partition coefficient (Wildman–Crippen LogP) is 4.85. The van der Waals surface area contributed by atoms with E-state index in [-0.39, 0.29) is 10.8 Å². The molecule has 2 aromatic heterocycles. The zero-order valence-corrected chi connectivity index (χ0v) is 20.2. The zero-order valence-electron chi connectivity index (χ0n) is 20.2. The number of benzene rings is 1. The molecule has 3 nitrogen and oxygen atoms in total. The van der Waals surface area contributed by atoms with Crippen LogP contribution in [0.2, 0.25) is 0 Å². The second-order valence-electron chi connectivity index (χ2n) is 10.6. The molecule has 1 aromatic carbocycles. The number of nitrogens with one attached hydrogen (secondary N) is 1. The summed E-state index contributed by atoms with van der Waals surface area (Å²) in [4.78, 5) is 0. The van der Waals surface area contributed by atoms with E-state index in [1.807, 2.05) is 0 Å². The summed E-state index contributed by atoms with van der Waals surface area (Å²) in [6.45, 7) is 17.2. The van der Waals surface area contributed by atoms with Crippen molar-refractivity contribution in [1.29, 1.82) is 0 Å². The normalized spacial score (nSPS) is 12.2. The van der Waals surface area contributed by atoms with Crippen molar-refractivity contribution < 1.29 is 9.13 Å². The van der Waals surface area contributed by atoms with Gasteiger partial charge in [0.1, 0.15) is 0 Å². The highest BCUT2D eigenvalue weighted by molar-refractivity contribution is 5.27. The van der Waals surface area contributed by atoms with Gasteiger partial charge in [0.25, 0.3) is 0 Å². The Morgan fingerprint density at radius 3 is 1.39 bits per heavy atom. The highest BCUT2D eigenvalue weighted by Crippen LogP contribution is 2.22. The van der Waals surface area contributed by atoms with E-state index in [4.69, 9.17) is 0 Å². The second kappa shape index (κ2) is 9.74. The quantitative estimate of drug-likeness (QED) is 0.545. The van der Waals surface area contributed by atoms with Gasteiger partial charge >= 0.3 is 0 Å². The Balaban J connectivity index is 1.45. The molecule has 164 valence electrons. The summed E-state index contributed by atoms with van der Waals surface area (Å²) in [5.74, 6) is 0. The van der Waals surface area contributed by atoms with Crippen LogP contribution in [0.1, 0.15) is 63.8 Å². The SMILES string of the molecule is CC(C)(C)c1ccc(CNCc2cc[n+](CC[n+]3ccc(C(C)(C)C)cc3)cc2)cc1. The lowest BCUT2D eigenvalue weighted by Gasteiger charge is -2.19. The summed E-state index contributed by atoms with van der Waals surface area (Å²) in [5, 5.41) is 3.56. The maximum atomic E-state index is 3.56. The Kier molecular flexibility index (Phi) is 7.27. The summed E-state index contributed by atoms with van der Waals surface area (Å²) >= 11 is 0. The van der Waals surface area contributed by atoms with E-state index in [0.29, 0.717) is 0 Å². The van der Waals surface area contributed by atoms with Crippen LogP contribution in [0.15, 0.2) is 73.3 Å². The molecule has 0 spiro atoms. The van der Waals surface area contributed by atoms with E-state index in [1.165, 1.54) is 22.3 Å². The maximum absolute atomic E-state index is 3.56. The van der Waals surface area contributed by atoms with E-state index < -0.39 is 0 Å². The molecule has 0 saturated carbocycles. The van der Waals surface area contributed by atoms with E-state index in [1.54, 1.807) is 0 Å². The molecular formula is C28H39N3+2. The van der Waals surface area contributed by atoms with Crippen molar-refractivity contribution >= 4 is 0 Å². The van der Waals surface area contributed by atoms with Crippen molar-refractivity contribution in [3.05, 3.63) is 95.6 Å². The van der Waals surface area contributed by atoms with Crippen molar-refractivity contribution in [1.82, 2.24) is 5.32 Å². The fraction of sp³-hybridized carbons (Fsp3) is 0.429. The van der Waals surface area contributed by atoms with Crippen LogP contribution in [0.25, 0.3) is 0 Å². The van der Waals surface area contributed by atoms with Crippen molar-refractivity contribution in [2.24, 2.45) is 0 Å². The van der Waals surface area contributed by atoms with Crippen LogP contribution >= 0.6 is 0 Å². The van der Waals surface area contributed by atoms with Gasteiger partial charge < -0.3 is 5.32 Å². The van der Waals surface area contributed by atoms with Gasteiger partial charge in [0.15, 0.2) is 24.8 Å². The first kappa shape index (κ1) is 23.1. The topological polar surface area (TPSA) is 19.8 Å². The molecule has 0 saturated heterocycles. The molecule has 0 radical (unpaired) electrons. The third-order valence-corrected chi connectivity index (χ3v) is 5.81. The highest BCUT2D eigenvalue weighted by Gasteiger charge is 2.15. The molecule has 31 heavy (non-hydrogen) atoms. The van der Waals surface area contributed by atoms with Gasteiger partial charge in [0, 0.05) is 37.4 Å². The molecule has 3 aromatic rings. The van der Waals surface area contributed by atoms with Crippen LogP contribution in [0.5, 0.6) is 0 Å². The van der Waals surface area contributed by atoms with Crippen molar-refractivity contribution in [3.63, 3.8) is 0 Å². The molecule has 3 heteroatoms. The lowest BCUT2D eigenvalue weighted by molar-refractivity contribution is -0.778. The van der Waals surface area contributed by atoms with Crippen LogP contribution in [-0.2, 0) is 37.0 Å². The number of nitrogens with zero attached hydrogens (tertiary/aromatic N) is 2. The molecule has 0 aliphatic carbocycles. The molecule has 0 fully saturated rings. The molecule has 3 rings (SSSR count). The van der Waals surface area contributed by atoms with Crippen LogP contribution in [-0.4, -0.2) is 0 Å². The number of pyridine rings is 2. The Hall–Kier alpha value is -2.52.